The number of hydrogen-bond acceptors (Lipinski definition) is 4. The summed E-state index contributed by atoms with van der Waals surface area (Å²) in [5, 5.41) is 0. The Morgan fingerprint density at radius 2 is 1.95 bits per heavy atom. The monoisotopic (exact) mass is 293 g/mol. The van der Waals surface area contributed by atoms with Crippen LogP contribution in [0.4, 0.5) is 10.1 Å². The third kappa shape index (κ3) is 3.20. The minimum absolute atomic E-state index is 0.125. The zero-order valence-electron chi connectivity index (χ0n) is 12.4. The van der Waals surface area contributed by atoms with Crippen molar-refractivity contribution in [3.8, 4) is 0 Å². The van der Waals surface area contributed by atoms with Crippen LogP contribution in [0.2, 0.25) is 0 Å². The van der Waals surface area contributed by atoms with E-state index in [4.69, 9.17) is 10.5 Å². The van der Waals surface area contributed by atoms with E-state index in [0.717, 1.165) is 58.0 Å². The Labute approximate surface area is 125 Å². The summed E-state index contributed by atoms with van der Waals surface area (Å²) in [6.07, 6.45) is 1.05. The molecule has 0 amide bonds. The Morgan fingerprint density at radius 1 is 1.19 bits per heavy atom. The molecular formula is C16H24FN3O. The lowest BCUT2D eigenvalue weighted by Gasteiger charge is -2.40. The van der Waals surface area contributed by atoms with E-state index in [-0.39, 0.29) is 11.2 Å². The van der Waals surface area contributed by atoms with Gasteiger partial charge >= 0.3 is 0 Å². The van der Waals surface area contributed by atoms with Gasteiger partial charge in [0.25, 0.3) is 0 Å². The van der Waals surface area contributed by atoms with Crippen molar-refractivity contribution in [2.45, 2.75) is 6.42 Å². The molecule has 2 heterocycles. The number of nitrogens with two attached hydrogens (primary N) is 1. The standard InChI is InChI=1S/C16H24FN3O/c17-14-3-1-2-4-15(14)20-8-6-19(7-9-20)12-16(11-18)5-10-21-13-16/h1-4H,5-13,18H2. The maximum absolute atomic E-state index is 13.8. The van der Waals surface area contributed by atoms with Crippen molar-refractivity contribution in [3.63, 3.8) is 0 Å². The lowest BCUT2D eigenvalue weighted by Crippen LogP contribution is -2.51. The van der Waals surface area contributed by atoms with Crippen molar-refractivity contribution in [2.75, 3.05) is 57.4 Å². The van der Waals surface area contributed by atoms with Gasteiger partial charge in [-0.25, -0.2) is 4.39 Å². The van der Waals surface area contributed by atoms with Crippen LogP contribution in [0.3, 0.4) is 0 Å². The molecule has 2 aliphatic heterocycles. The fourth-order valence-electron chi connectivity index (χ4n) is 3.33. The normalized spacial score (nSPS) is 27.2. The molecule has 2 N–H and O–H groups in total. The van der Waals surface area contributed by atoms with E-state index in [1.54, 1.807) is 6.07 Å². The molecule has 2 aliphatic rings. The number of para-hydroxylation sites is 1. The van der Waals surface area contributed by atoms with Crippen molar-refractivity contribution in [3.05, 3.63) is 30.1 Å². The van der Waals surface area contributed by atoms with Crippen molar-refractivity contribution in [1.82, 2.24) is 4.90 Å². The topological polar surface area (TPSA) is 41.7 Å². The largest absolute Gasteiger partial charge is 0.381 e. The SMILES string of the molecule is NCC1(CN2CCN(c3ccccc3F)CC2)CCOC1. The number of rotatable bonds is 4. The molecule has 116 valence electrons. The van der Waals surface area contributed by atoms with Gasteiger partial charge in [0.1, 0.15) is 5.82 Å². The summed E-state index contributed by atoms with van der Waals surface area (Å²) >= 11 is 0. The summed E-state index contributed by atoms with van der Waals surface area (Å²) in [7, 11) is 0. The molecule has 21 heavy (non-hydrogen) atoms. The quantitative estimate of drug-likeness (QED) is 0.909. The van der Waals surface area contributed by atoms with E-state index in [1.165, 1.54) is 6.07 Å². The maximum atomic E-state index is 13.8. The Kier molecular flexibility index (Phi) is 4.42. The molecule has 0 saturated carbocycles. The zero-order chi connectivity index (χ0) is 14.7. The Morgan fingerprint density at radius 3 is 2.57 bits per heavy atom. The summed E-state index contributed by atoms with van der Waals surface area (Å²) in [5.41, 5.74) is 6.80. The highest BCUT2D eigenvalue weighted by molar-refractivity contribution is 5.47. The highest BCUT2D eigenvalue weighted by atomic mass is 19.1. The molecule has 1 unspecified atom stereocenters. The van der Waals surface area contributed by atoms with Crippen LogP contribution in [0.1, 0.15) is 6.42 Å². The van der Waals surface area contributed by atoms with Gasteiger partial charge < -0.3 is 15.4 Å². The van der Waals surface area contributed by atoms with Crippen LogP contribution in [-0.4, -0.2) is 57.4 Å². The van der Waals surface area contributed by atoms with E-state index in [1.807, 2.05) is 12.1 Å². The second-order valence-corrected chi connectivity index (χ2v) is 6.22. The summed E-state index contributed by atoms with van der Waals surface area (Å²) < 4.78 is 19.4. The van der Waals surface area contributed by atoms with Crippen LogP contribution in [0.5, 0.6) is 0 Å². The third-order valence-corrected chi connectivity index (χ3v) is 4.74. The maximum Gasteiger partial charge on any atom is 0.146 e. The van der Waals surface area contributed by atoms with E-state index in [2.05, 4.69) is 9.80 Å². The number of hydrogen-bond donors (Lipinski definition) is 1. The fourth-order valence-corrected chi connectivity index (χ4v) is 3.33. The van der Waals surface area contributed by atoms with Crippen LogP contribution in [0.25, 0.3) is 0 Å². The van der Waals surface area contributed by atoms with Crippen molar-refractivity contribution < 1.29 is 9.13 Å². The molecule has 1 aromatic rings. The molecule has 5 heteroatoms. The van der Waals surface area contributed by atoms with Gasteiger partial charge in [-0.15, -0.1) is 0 Å². The first kappa shape index (κ1) is 14.8. The number of halogens is 1. The molecule has 0 bridgehead atoms. The van der Waals surface area contributed by atoms with Crippen molar-refractivity contribution in [2.24, 2.45) is 11.1 Å². The minimum Gasteiger partial charge on any atom is -0.381 e. The van der Waals surface area contributed by atoms with E-state index >= 15 is 0 Å². The first-order valence-corrected chi connectivity index (χ1v) is 7.72. The van der Waals surface area contributed by atoms with Gasteiger partial charge in [0.05, 0.1) is 12.3 Å². The predicted molar refractivity (Wildman–Crippen MR) is 82.0 cm³/mol. The average molecular weight is 293 g/mol. The smallest absolute Gasteiger partial charge is 0.146 e. The molecule has 0 radical (unpaired) electrons. The van der Waals surface area contributed by atoms with Gasteiger partial charge in [-0.3, -0.25) is 4.90 Å². The van der Waals surface area contributed by atoms with Gasteiger partial charge in [0, 0.05) is 51.3 Å². The lowest BCUT2D eigenvalue weighted by molar-refractivity contribution is 0.111. The Bertz CT molecular complexity index is 468. The molecule has 2 saturated heterocycles. The van der Waals surface area contributed by atoms with Crippen LogP contribution in [-0.2, 0) is 4.74 Å². The molecule has 1 atom stereocenters. The Balaban J connectivity index is 1.57. The molecule has 3 rings (SSSR count). The summed E-state index contributed by atoms with van der Waals surface area (Å²) in [5.74, 6) is -0.131. The summed E-state index contributed by atoms with van der Waals surface area (Å²) in [6.45, 7) is 6.91. The Hall–Kier alpha value is -1.17. The number of ether oxygens (including phenoxy) is 1. The average Bonchev–Trinajstić information content (AvgIpc) is 2.98. The highest BCUT2D eigenvalue weighted by Crippen LogP contribution is 2.29. The molecular weight excluding hydrogens is 269 g/mol. The number of anilines is 1. The second kappa shape index (κ2) is 6.30. The highest BCUT2D eigenvalue weighted by Gasteiger charge is 2.36. The fraction of sp³-hybridized carbons (Fsp3) is 0.625. The van der Waals surface area contributed by atoms with Crippen LogP contribution in [0.15, 0.2) is 24.3 Å². The number of nitrogens with zero attached hydrogens (tertiary/aromatic N) is 2. The third-order valence-electron chi connectivity index (χ3n) is 4.74. The van der Waals surface area contributed by atoms with Crippen LogP contribution < -0.4 is 10.6 Å². The molecule has 0 aromatic heterocycles. The predicted octanol–water partition coefficient (Wildman–Crippen LogP) is 1.31. The minimum atomic E-state index is -0.131. The molecule has 2 fully saturated rings. The van der Waals surface area contributed by atoms with Crippen molar-refractivity contribution >= 4 is 5.69 Å². The van der Waals surface area contributed by atoms with Gasteiger partial charge in [0.15, 0.2) is 0 Å². The van der Waals surface area contributed by atoms with Crippen LogP contribution in [0, 0.1) is 11.2 Å². The van der Waals surface area contributed by atoms with E-state index < -0.39 is 0 Å². The van der Waals surface area contributed by atoms with Crippen LogP contribution >= 0.6 is 0 Å². The van der Waals surface area contributed by atoms with Gasteiger partial charge in [-0.2, -0.15) is 0 Å². The molecule has 4 nitrogen and oxygen atoms in total. The number of benzene rings is 1. The molecule has 1 aromatic carbocycles. The van der Waals surface area contributed by atoms with E-state index in [0.29, 0.717) is 6.54 Å². The summed E-state index contributed by atoms with van der Waals surface area (Å²) in [4.78, 5) is 4.57. The van der Waals surface area contributed by atoms with E-state index in [9.17, 15) is 4.39 Å². The molecule has 0 aliphatic carbocycles. The van der Waals surface area contributed by atoms with Gasteiger partial charge in [-0.05, 0) is 18.6 Å². The summed E-state index contributed by atoms with van der Waals surface area (Å²) in [6, 6.07) is 7.02. The molecule has 0 spiro atoms. The first-order chi connectivity index (χ1) is 10.2. The first-order valence-electron chi connectivity index (χ1n) is 7.72. The zero-order valence-corrected chi connectivity index (χ0v) is 12.4. The van der Waals surface area contributed by atoms with Gasteiger partial charge in [0.2, 0.25) is 0 Å². The van der Waals surface area contributed by atoms with Crippen molar-refractivity contribution in [1.29, 1.82) is 0 Å². The second-order valence-electron chi connectivity index (χ2n) is 6.22. The lowest BCUT2D eigenvalue weighted by atomic mass is 9.86. The van der Waals surface area contributed by atoms with Gasteiger partial charge in [-0.1, -0.05) is 12.1 Å². The number of piperazine rings is 1.